The number of rotatable bonds is 2. The lowest BCUT2D eigenvalue weighted by atomic mass is 9.75. The summed E-state index contributed by atoms with van der Waals surface area (Å²) in [5, 5.41) is 0. The van der Waals surface area contributed by atoms with Crippen LogP contribution in [0.3, 0.4) is 0 Å². The second kappa shape index (κ2) is 4.81. The summed E-state index contributed by atoms with van der Waals surface area (Å²) in [5.41, 5.74) is 0. The summed E-state index contributed by atoms with van der Waals surface area (Å²) in [6.45, 7) is 8.01. The highest BCUT2D eigenvalue weighted by atomic mass is 16.5. The highest BCUT2D eigenvalue weighted by Crippen LogP contribution is 2.36. The topological polar surface area (TPSA) is 26.3 Å². The van der Waals surface area contributed by atoms with E-state index in [1.807, 2.05) is 0 Å². The molecule has 1 aliphatic carbocycles. The summed E-state index contributed by atoms with van der Waals surface area (Å²) in [4.78, 5) is 11.0. The summed E-state index contributed by atoms with van der Waals surface area (Å²) < 4.78 is 5.38. The van der Waals surface area contributed by atoms with Crippen LogP contribution in [-0.2, 0) is 9.53 Å². The molecular weight excluding hydrogens is 176 g/mol. The molecule has 3 unspecified atom stereocenters. The fraction of sp³-hybridized carbons (Fsp3) is 0.833. The Labute approximate surface area is 87.0 Å². The molecule has 3 atom stereocenters. The van der Waals surface area contributed by atoms with Crippen LogP contribution in [0.5, 0.6) is 0 Å². The van der Waals surface area contributed by atoms with Crippen molar-refractivity contribution in [1.29, 1.82) is 0 Å². The predicted octanol–water partition coefficient (Wildman–Crippen LogP) is 2.97. The molecule has 14 heavy (non-hydrogen) atoms. The predicted molar refractivity (Wildman–Crippen MR) is 56.7 cm³/mol. The van der Waals surface area contributed by atoms with Crippen molar-refractivity contribution in [1.82, 2.24) is 0 Å². The monoisotopic (exact) mass is 197 g/mol. The third-order valence-electron chi connectivity index (χ3n) is 3.11. The molecule has 0 spiro atoms. The van der Waals surface area contributed by atoms with E-state index in [4.69, 9.17) is 4.74 Å². The first-order chi connectivity index (χ1) is 6.50. The van der Waals surface area contributed by atoms with E-state index in [1.165, 1.54) is 25.7 Å². The van der Waals surface area contributed by atoms with Crippen molar-refractivity contribution in [3.8, 4) is 0 Å². The van der Waals surface area contributed by atoms with Gasteiger partial charge in [-0.1, -0.05) is 27.2 Å². The lowest BCUT2D eigenvalue weighted by Crippen LogP contribution is -2.34. The third-order valence-corrected chi connectivity index (χ3v) is 3.11. The van der Waals surface area contributed by atoms with Crippen LogP contribution in [0.1, 0.15) is 47.0 Å². The second-order valence-corrected chi connectivity index (χ2v) is 4.75. The van der Waals surface area contributed by atoms with Crippen LogP contribution in [0.4, 0.5) is 0 Å². The molecule has 0 bridgehead atoms. The number of hydrogen-bond donors (Lipinski definition) is 0. The van der Waals surface area contributed by atoms with Gasteiger partial charge in [0.1, 0.15) is 6.10 Å². The first kappa shape index (κ1) is 11.5. The van der Waals surface area contributed by atoms with Crippen molar-refractivity contribution in [2.45, 2.75) is 53.1 Å². The standard InChI is InChI=1S/C12H21O2/c1-8(2)11-6-5-9(3)7-12(11)14-10(4)13/h9,11-12H,5-7H2,1-4H3. The van der Waals surface area contributed by atoms with Gasteiger partial charge in [-0.05, 0) is 24.7 Å². The number of ether oxygens (including phenoxy) is 1. The van der Waals surface area contributed by atoms with Gasteiger partial charge in [0.2, 0.25) is 0 Å². The number of esters is 1. The van der Waals surface area contributed by atoms with Crippen molar-refractivity contribution in [3.05, 3.63) is 5.92 Å². The molecule has 1 aliphatic rings. The SMILES string of the molecule is C[C](C)C1CCC(C)CC1OC(C)=O. The van der Waals surface area contributed by atoms with Gasteiger partial charge in [0, 0.05) is 12.8 Å². The second-order valence-electron chi connectivity index (χ2n) is 4.75. The fourth-order valence-corrected chi connectivity index (χ4v) is 2.33. The van der Waals surface area contributed by atoms with Gasteiger partial charge in [-0.2, -0.15) is 0 Å². The minimum Gasteiger partial charge on any atom is -0.462 e. The Morgan fingerprint density at radius 1 is 1.21 bits per heavy atom. The van der Waals surface area contributed by atoms with Gasteiger partial charge in [-0.3, -0.25) is 4.79 Å². The Kier molecular flexibility index (Phi) is 3.97. The van der Waals surface area contributed by atoms with Crippen LogP contribution in [0, 0.1) is 17.8 Å². The van der Waals surface area contributed by atoms with Crippen LogP contribution < -0.4 is 0 Å². The quantitative estimate of drug-likeness (QED) is 0.636. The molecule has 1 fully saturated rings. The Morgan fingerprint density at radius 2 is 1.86 bits per heavy atom. The normalized spacial score (nSPS) is 33.1. The van der Waals surface area contributed by atoms with E-state index in [1.54, 1.807) is 0 Å². The summed E-state index contributed by atoms with van der Waals surface area (Å²) >= 11 is 0. The average Bonchev–Trinajstić information content (AvgIpc) is 2.01. The van der Waals surface area contributed by atoms with Crippen molar-refractivity contribution in [2.24, 2.45) is 11.8 Å². The van der Waals surface area contributed by atoms with Gasteiger partial charge in [-0.15, -0.1) is 0 Å². The van der Waals surface area contributed by atoms with Gasteiger partial charge in [0.05, 0.1) is 0 Å². The molecule has 0 heterocycles. The lowest BCUT2D eigenvalue weighted by molar-refractivity contribution is -0.151. The van der Waals surface area contributed by atoms with Crippen molar-refractivity contribution in [2.75, 3.05) is 0 Å². The molecule has 1 rings (SSSR count). The fourth-order valence-electron chi connectivity index (χ4n) is 2.33. The first-order valence-corrected chi connectivity index (χ1v) is 5.48. The molecule has 2 heteroatoms. The zero-order chi connectivity index (χ0) is 10.7. The summed E-state index contributed by atoms with van der Waals surface area (Å²) in [6, 6.07) is 0. The van der Waals surface area contributed by atoms with Crippen molar-refractivity contribution in [3.63, 3.8) is 0 Å². The van der Waals surface area contributed by atoms with Gasteiger partial charge in [-0.25, -0.2) is 0 Å². The Bertz CT molecular complexity index is 198. The van der Waals surface area contributed by atoms with E-state index >= 15 is 0 Å². The van der Waals surface area contributed by atoms with Crippen LogP contribution in [0.2, 0.25) is 0 Å². The third kappa shape index (κ3) is 3.00. The van der Waals surface area contributed by atoms with E-state index in [0.717, 1.165) is 6.42 Å². The largest absolute Gasteiger partial charge is 0.462 e. The Hall–Kier alpha value is -0.530. The molecule has 81 valence electrons. The molecule has 0 aromatic carbocycles. The van der Waals surface area contributed by atoms with E-state index < -0.39 is 0 Å². The summed E-state index contributed by atoms with van der Waals surface area (Å²) in [6.07, 6.45) is 3.58. The highest BCUT2D eigenvalue weighted by Gasteiger charge is 2.32. The minimum absolute atomic E-state index is 0.126. The maximum Gasteiger partial charge on any atom is 0.302 e. The zero-order valence-corrected chi connectivity index (χ0v) is 9.67. The van der Waals surface area contributed by atoms with E-state index in [2.05, 4.69) is 20.8 Å². The first-order valence-electron chi connectivity index (χ1n) is 5.48. The van der Waals surface area contributed by atoms with E-state index in [9.17, 15) is 4.79 Å². The van der Waals surface area contributed by atoms with Crippen molar-refractivity contribution < 1.29 is 9.53 Å². The lowest BCUT2D eigenvalue weighted by Gasteiger charge is -2.36. The molecular formula is C12H21O2. The van der Waals surface area contributed by atoms with Crippen LogP contribution in [-0.4, -0.2) is 12.1 Å². The van der Waals surface area contributed by atoms with Crippen molar-refractivity contribution >= 4 is 5.97 Å². The number of hydrogen-bond acceptors (Lipinski definition) is 2. The Morgan fingerprint density at radius 3 is 2.36 bits per heavy atom. The molecule has 2 nitrogen and oxygen atoms in total. The summed E-state index contributed by atoms with van der Waals surface area (Å²) in [7, 11) is 0. The highest BCUT2D eigenvalue weighted by molar-refractivity contribution is 5.66. The molecule has 0 aromatic rings. The molecule has 0 saturated heterocycles. The Balaban J connectivity index is 2.58. The molecule has 0 aliphatic heterocycles. The minimum atomic E-state index is -0.143. The molecule has 0 amide bonds. The smallest absolute Gasteiger partial charge is 0.302 e. The van der Waals surface area contributed by atoms with Gasteiger partial charge < -0.3 is 4.74 Å². The van der Waals surface area contributed by atoms with E-state index in [0.29, 0.717) is 11.8 Å². The van der Waals surface area contributed by atoms with Gasteiger partial charge in [0.25, 0.3) is 0 Å². The molecule has 0 aromatic heterocycles. The van der Waals surface area contributed by atoms with Crippen LogP contribution in [0.15, 0.2) is 0 Å². The van der Waals surface area contributed by atoms with Crippen LogP contribution in [0.25, 0.3) is 0 Å². The maximum atomic E-state index is 11.0. The van der Waals surface area contributed by atoms with E-state index in [-0.39, 0.29) is 12.1 Å². The van der Waals surface area contributed by atoms with Gasteiger partial charge in [0.15, 0.2) is 0 Å². The summed E-state index contributed by atoms with van der Waals surface area (Å²) in [5.74, 6) is 2.42. The average molecular weight is 197 g/mol. The number of carbonyl (C=O) groups excluding carboxylic acids is 1. The molecule has 0 N–H and O–H groups in total. The maximum absolute atomic E-state index is 11.0. The number of carbonyl (C=O) groups is 1. The molecule has 1 saturated carbocycles. The zero-order valence-electron chi connectivity index (χ0n) is 9.67. The molecule has 1 radical (unpaired) electrons. The van der Waals surface area contributed by atoms with Gasteiger partial charge >= 0.3 is 5.97 Å². The van der Waals surface area contributed by atoms with Crippen LogP contribution >= 0.6 is 0 Å².